The van der Waals surface area contributed by atoms with Crippen LogP contribution in [0.1, 0.15) is 5.56 Å². The Kier molecular flexibility index (Phi) is 4.68. The van der Waals surface area contributed by atoms with Crippen LogP contribution in [0, 0.1) is 0 Å². The van der Waals surface area contributed by atoms with E-state index in [-0.39, 0.29) is 18.2 Å². The highest BCUT2D eigenvalue weighted by Gasteiger charge is 2.30. The molecule has 0 aliphatic carbocycles. The lowest BCUT2D eigenvalue weighted by Crippen LogP contribution is -2.11. The van der Waals surface area contributed by atoms with Gasteiger partial charge >= 0.3 is 6.18 Å². The molecule has 5 nitrogen and oxygen atoms in total. The third kappa shape index (κ3) is 3.53. The molecule has 0 saturated carbocycles. The SMILES string of the molecule is Oc1cccc2nc(-c3cccs3)n(CCOc3ccc(C(F)(F)F)cn3)c12. The van der Waals surface area contributed by atoms with E-state index in [0.29, 0.717) is 23.4 Å². The number of benzene rings is 1. The van der Waals surface area contributed by atoms with Crippen LogP contribution in [0.25, 0.3) is 21.7 Å². The molecule has 0 bridgehead atoms. The Hall–Kier alpha value is -3.07. The third-order valence-corrected chi connectivity index (χ3v) is 4.98. The Morgan fingerprint density at radius 3 is 2.64 bits per heavy atom. The van der Waals surface area contributed by atoms with Crippen molar-refractivity contribution in [1.82, 2.24) is 14.5 Å². The molecule has 0 fully saturated rings. The molecule has 0 radical (unpaired) electrons. The number of para-hydroxylation sites is 1. The number of ether oxygens (including phenoxy) is 1. The second kappa shape index (κ2) is 7.16. The summed E-state index contributed by atoms with van der Waals surface area (Å²) in [5, 5.41) is 12.2. The summed E-state index contributed by atoms with van der Waals surface area (Å²) in [6.07, 6.45) is -3.70. The van der Waals surface area contributed by atoms with Crippen LogP contribution in [0.3, 0.4) is 0 Å². The van der Waals surface area contributed by atoms with Gasteiger partial charge in [0.2, 0.25) is 5.88 Å². The van der Waals surface area contributed by atoms with E-state index in [0.717, 1.165) is 17.1 Å². The van der Waals surface area contributed by atoms with Crippen molar-refractivity contribution in [2.45, 2.75) is 12.7 Å². The summed E-state index contributed by atoms with van der Waals surface area (Å²) in [5.74, 6) is 0.884. The Labute approximate surface area is 161 Å². The molecule has 0 atom stereocenters. The van der Waals surface area contributed by atoms with Crippen molar-refractivity contribution in [2.24, 2.45) is 0 Å². The van der Waals surface area contributed by atoms with Gasteiger partial charge in [0.1, 0.15) is 17.9 Å². The van der Waals surface area contributed by atoms with Gasteiger partial charge < -0.3 is 14.4 Å². The summed E-state index contributed by atoms with van der Waals surface area (Å²) in [5.41, 5.74) is 0.399. The van der Waals surface area contributed by atoms with E-state index in [9.17, 15) is 18.3 Å². The van der Waals surface area contributed by atoms with Crippen molar-refractivity contribution in [2.75, 3.05) is 6.61 Å². The number of hydrogen-bond donors (Lipinski definition) is 1. The van der Waals surface area contributed by atoms with E-state index >= 15 is 0 Å². The van der Waals surface area contributed by atoms with Gasteiger partial charge in [0.05, 0.1) is 22.5 Å². The van der Waals surface area contributed by atoms with Crippen LogP contribution < -0.4 is 4.74 Å². The minimum atomic E-state index is -4.44. The summed E-state index contributed by atoms with van der Waals surface area (Å²) in [7, 11) is 0. The van der Waals surface area contributed by atoms with Crippen LogP contribution >= 0.6 is 11.3 Å². The molecule has 4 aromatic rings. The zero-order valence-electron chi connectivity index (χ0n) is 14.3. The van der Waals surface area contributed by atoms with Gasteiger partial charge in [-0.05, 0) is 29.6 Å². The molecule has 1 N–H and O–H groups in total. The average molecular weight is 405 g/mol. The molecular weight excluding hydrogens is 391 g/mol. The first-order valence-electron chi connectivity index (χ1n) is 8.31. The van der Waals surface area contributed by atoms with Crippen molar-refractivity contribution in [1.29, 1.82) is 0 Å². The lowest BCUT2D eigenvalue weighted by molar-refractivity contribution is -0.137. The lowest BCUT2D eigenvalue weighted by Gasteiger charge is -2.11. The minimum Gasteiger partial charge on any atom is -0.506 e. The van der Waals surface area contributed by atoms with Crippen molar-refractivity contribution < 1.29 is 23.0 Å². The maximum atomic E-state index is 12.6. The molecule has 3 heterocycles. The topological polar surface area (TPSA) is 60.2 Å². The van der Waals surface area contributed by atoms with Gasteiger partial charge in [0.25, 0.3) is 0 Å². The van der Waals surface area contributed by atoms with Gasteiger partial charge in [-0.15, -0.1) is 11.3 Å². The van der Waals surface area contributed by atoms with Crippen molar-refractivity contribution in [3.8, 4) is 22.3 Å². The first kappa shape index (κ1) is 18.3. The zero-order valence-corrected chi connectivity index (χ0v) is 15.2. The molecular formula is C19H14F3N3O2S. The summed E-state index contributed by atoms with van der Waals surface area (Å²) in [4.78, 5) is 9.23. The smallest absolute Gasteiger partial charge is 0.417 e. The number of aromatic hydroxyl groups is 1. The molecule has 1 aromatic carbocycles. The number of alkyl halides is 3. The van der Waals surface area contributed by atoms with Crippen LogP contribution in [-0.2, 0) is 12.7 Å². The second-order valence-electron chi connectivity index (χ2n) is 5.94. The molecule has 3 aromatic heterocycles. The second-order valence-corrected chi connectivity index (χ2v) is 6.89. The highest BCUT2D eigenvalue weighted by atomic mass is 32.1. The summed E-state index contributed by atoms with van der Waals surface area (Å²) in [6.45, 7) is 0.487. The highest BCUT2D eigenvalue weighted by molar-refractivity contribution is 7.13. The number of imidazole rings is 1. The predicted molar refractivity (Wildman–Crippen MR) is 99.4 cm³/mol. The quantitative estimate of drug-likeness (QED) is 0.510. The van der Waals surface area contributed by atoms with Crippen LogP contribution in [-0.4, -0.2) is 26.2 Å². The number of phenols is 1. The van der Waals surface area contributed by atoms with E-state index in [1.54, 1.807) is 18.2 Å². The number of nitrogens with zero attached hydrogens (tertiary/aromatic N) is 3. The molecule has 0 aliphatic heterocycles. The molecule has 0 unspecified atom stereocenters. The normalized spacial score (nSPS) is 11.8. The predicted octanol–water partition coefficient (Wildman–Crippen LogP) is 4.96. The Bertz CT molecular complexity index is 1090. The molecule has 0 amide bonds. The molecule has 9 heteroatoms. The van der Waals surface area contributed by atoms with Crippen LogP contribution in [0.2, 0.25) is 0 Å². The largest absolute Gasteiger partial charge is 0.506 e. The number of aromatic nitrogens is 3. The Morgan fingerprint density at radius 1 is 1.11 bits per heavy atom. The van der Waals surface area contributed by atoms with Gasteiger partial charge in [-0.1, -0.05) is 12.1 Å². The van der Waals surface area contributed by atoms with E-state index in [4.69, 9.17) is 4.74 Å². The number of hydrogen-bond acceptors (Lipinski definition) is 5. The van der Waals surface area contributed by atoms with E-state index < -0.39 is 11.7 Å². The van der Waals surface area contributed by atoms with E-state index in [1.165, 1.54) is 17.4 Å². The molecule has 0 saturated heterocycles. The van der Waals surface area contributed by atoms with Gasteiger partial charge in [-0.25, -0.2) is 9.97 Å². The fourth-order valence-corrected chi connectivity index (χ4v) is 3.58. The summed E-state index contributed by atoms with van der Waals surface area (Å²) < 4.78 is 45.2. The number of halogens is 3. The van der Waals surface area contributed by atoms with Crippen molar-refractivity contribution >= 4 is 22.4 Å². The van der Waals surface area contributed by atoms with Gasteiger partial charge in [0, 0.05) is 12.3 Å². The lowest BCUT2D eigenvalue weighted by atomic mass is 10.3. The number of phenolic OH excluding ortho intramolecular Hbond substituents is 1. The number of pyridine rings is 1. The standard InChI is InChI=1S/C19H14F3N3O2S/c20-19(21,22)12-6-7-16(23-11-12)27-9-8-25-17-13(3-1-4-14(17)26)24-18(25)15-5-2-10-28-15/h1-7,10-11,26H,8-9H2. The van der Waals surface area contributed by atoms with Gasteiger partial charge in [0.15, 0.2) is 5.82 Å². The van der Waals surface area contributed by atoms with Gasteiger partial charge in [-0.2, -0.15) is 13.2 Å². The molecule has 4 rings (SSSR count). The zero-order chi connectivity index (χ0) is 19.7. The third-order valence-electron chi connectivity index (χ3n) is 4.12. The number of fused-ring (bicyclic) bond motifs is 1. The number of rotatable bonds is 5. The van der Waals surface area contributed by atoms with Gasteiger partial charge in [-0.3, -0.25) is 0 Å². The molecule has 0 spiro atoms. The van der Waals surface area contributed by atoms with E-state index in [2.05, 4.69) is 9.97 Å². The fraction of sp³-hybridized carbons (Fsp3) is 0.158. The van der Waals surface area contributed by atoms with Crippen molar-refractivity contribution in [3.05, 3.63) is 59.6 Å². The maximum Gasteiger partial charge on any atom is 0.417 e. The monoisotopic (exact) mass is 405 g/mol. The van der Waals surface area contributed by atoms with Crippen LogP contribution in [0.4, 0.5) is 13.2 Å². The first-order chi connectivity index (χ1) is 13.4. The van der Waals surface area contributed by atoms with E-state index in [1.807, 2.05) is 22.1 Å². The van der Waals surface area contributed by atoms with Crippen LogP contribution in [0.5, 0.6) is 11.6 Å². The molecule has 144 valence electrons. The summed E-state index contributed by atoms with van der Waals surface area (Å²) in [6, 6.07) is 11.1. The first-order valence-corrected chi connectivity index (χ1v) is 9.19. The highest BCUT2D eigenvalue weighted by Crippen LogP contribution is 2.32. The van der Waals surface area contributed by atoms with Crippen LogP contribution in [0.15, 0.2) is 54.0 Å². The number of thiophene rings is 1. The maximum absolute atomic E-state index is 12.6. The van der Waals surface area contributed by atoms with Crippen molar-refractivity contribution in [3.63, 3.8) is 0 Å². The Balaban J connectivity index is 1.57. The Morgan fingerprint density at radius 2 is 1.96 bits per heavy atom. The minimum absolute atomic E-state index is 0.0966. The molecule has 0 aliphatic rings. The fourth-order valence-electron chi connectivity index (χ4n) is 2.85. The average Bonchev–Trinajstić information content (AvgIpc) is 3.30. The molecule has 28 heavy (non-hydrogen) atoms. The summed E-state index contributed by atoms with van der Waals surface area (Å²) >= 11 is 1.52.